The first-order valence-corrected chi connectivity index (χ1v) is 10.4. The lowest BCUT2D eigenvalue weighted by molar-refractivity contribution is 0.100. The number of nitrogens with one attached hydrogen (secondary N) is 1. The van der Waals surface area contributed by atoms with Gasteiger partial charge in [-0.3, -0.25) is 4.79 Å². The van der Waals surface area contributed by atoms with E-state index in [1.165, 1.54) is 17.4 Å². The molecular formula is C22H24FN3O3S. The van der Waals surface area contributed by atoms with Crippen molar-refractivity contribution >= 4 is 28.1 Å². The van der Waals surface area contributed by atoms with Gasteiger partial charge in [-0.15, -0.1) is 11.3 Å². The Morgan fingerprint density at radius 1 is 1.33 bits per heavy atom. The largest absolute Gasteiger partial charge is 0.396 e. The summed E-state index contributed by atoms with van der Waals surface area (Å²) in [6.45, 7) is 4.63. The molecular weight excluding hydrogens is 405 g/mol. The Hall–Kier alpha value is -2.81. The van der Waals surface area contributed by atoms with Gasteiger partial charge in [0, 0.05) is 29.6 Å². The number of primary amides is 1. The number of halogens is 1. The number of aliphatic hydroxyl groups is 1. The highest BCUT2D eigenvalue weighted by Gasteiger charge is 2.18. The number of carbonyl (C=O) groups excluding carboxylic acids is 1. The second-order valence-corrected chi connectivity index (χ2v) is 7.87. The fourth-order valence-electron chi connectivity index (χ4n) is 2.90. The summed E-state index contributed by atoms with van der Waals surface area (Å²) in [5.74, 6) is -0.661. The quantitative estimate of drug-likeness (QED) is 0.468. The van der Waals surface area contributed by atoms with Crippen LogP contribution in [-0.4, -0.2) is 29.2 Å². The third kappa shape index (κ3) is 5.02. The summed E-state index contributed by atoms with van der Waals surface area (Å²) in [6, 6.07) is 11.9. The van der Waals surface area contributed by atoms with Crippen molar-refractivity contribution in [1.29, 1.82) is 0 Å². The molecule has 6 nitrogen and oxygen atoms in total. The highest BCUT2D eigenvalue weighted by Crippen LogP contribution is 2.38. The van der Waals surface area contributed by atoms with Gasteiger partial charge in [-0.25, -0.2) is 9.37 Å². The molecule has 2 aromatic heterocycles. The van der Waals surface area contributed by atoms with Crippen LogP contribution in [0.2, 0.25) is 0 Å². The van der Waals surface area contributed by atoms with Crippen molar-refractivity contribution in [3.8, 4) is 10.4 Å². The number of hydrogen-bond acceptors (Lipinski definition) is 6. The second-order valence-electron chi connectivity index (χ2n) is 6.82. The topological polar surface area (TPSA) is 97.5 Å². The van der Waals surface area contributed by atoms with Crippen molar-refractivity contribution in [3.63, 3.8) is 0 Å². The van der Waals surface area contributed by atoms with Gasteiger partial charge in [0.2, 0.25) is 0 Å². The Bertz CT molecular complexity index is 1040. The van der Waals surface area contributed by atoms with E-state index in [0.29, 0.717) is 40.0 Å². The van der Waals surface area contributed by atoms with E-state index in [2.05, 4.69) is 10.3 Å². The van der Waals surface area contributed by atoms with Gasteiger partial charge < -0.3 is 20.9 Å². The van der Waals surface area contributed by atoms with E-state index in [9.17, 15) is 14.3 Å². The molecule has 2 heterocycles. The lowest BCUT2D eigenvalue weighted by Gasteiger charge is -2.10. The Morgan fingerprint density at radius 2 is 2.13 bits per heavy atom. The summed E-state index contributed by atoms with van der Waals surface area (Å²) in [6.07, 6.45) is 0. The predicted octanol–water partition coefficient (Wildman–Crippen LogP) is 4.42. The van der Waals surface area contributed by atoms with Gasteiger partial charge >= 0.3 is 0 Å². The van der Waals surface area contributed by atoms with Crippen LogP contribution in [-0.2, 0) is 11.3 Å². The molecule has 4 N–H and O–H groups in total. The molecule has 0 spiro atoms. The number of hydrogen-bond donors (Lipinski definition) is 3. The maximum Gasteiger partial charge on any atom is 0.251 e. The molecule has 0 aliphatic heterocycles. The predicted molar refractivity (Wildman–Crippen MR) is 117 cm³/mol. The van der Waals surface area contributed by atoms with Crippen molar-refractivity contribution in [3.05, 3.63) is 65.1 Å². The number of nitrogens with zero attached hydrogens (tertiary/aromatic N) is 1. The maximum atomic E-state index is 14.7. The van der Waals surface area contributed by atoms with Gasteiger partial charge in [-0.2, -0.15) is 0 Å². The van der Waals surface area contributed by atoms with E-state index in [1.54, 1.807) is 24.3 Å². The minimum Gasteiger partial charge on any atom is -0.396 e. The molecule has 0 aliphatic carbocycles. The van der Waals surface area contributed by atoms with Gasteiger partial charge in [0.05, 0.1) is 17.9 Å². The maximum absolute atomic E-state index is 14.7. The minimum absolute atomic E-state index is 0.0625. The molecule has 3 aromatic rings. The first kappa shape index (κ1) is 21.9. The summed E-state index contributed by atoms with van der Waals surface area (Å²) in [5, 5.41) is 12.9. The fraction of sp³-hybridized carbons (Fsp3) is 0.273. The van der Waals surface area contributed by atoms with Crippen LogP contribution < -0.4 is 11.1 Å². The molecule has 0 saturated carbocycles. The third-order valence-electron chi connectivity index (χ3n) is 4.60. The lowest BCUT2D eigenvalue weighted by Crippen LogP contribution is -2.11. The molecule has 0 fully saturated rings. The van der Waals surface area contributed by atoms with Gasteiger partial charge in [-0.05, 0) is 36.8 Å². The molecule has 1 aromatic carbocycles. The summed E-state index contributed by atoms with van der Waals surface area (Å²) < 4.78 is 20.1. The zero-order valence-corrected chi connectivity index (χ0v) is 17.6. The Balaban J connectivity index is 1.92. The van der Waals surface area contributed by atoms with E-state index in [1.807, 2.05) is 26.0 Å². The molecule has 3 rings (SSSR count). The number of nitrogens with two attached hydrogens (primary N) is 1. The third-order valence-corrected chi connectivity index (χ3v) is 5.69. The van der Waals surface area contributed by atoms with Crippen LogP contribution in [0.4, 0.5) is 15.2 Å². The van der Waals surface area contributed by atoms with Crippen LogP contribution in [0.3, 0.4) is 0 Å². The van der Waals surface area contributed by atoms with Crippen LogP contribution in [0.15, 0.2) is 42.5 Å². The summed E-state index contributed by atoms with van der Waals surface area (Å²) in [5.41, 5.74) is 7.62. The van der Waals surface area contributed by atoms with E-state index in [-0.39, 0.29) is 18.1 Å². The number of anilines is 2. The van der Waals surface area contributed by atoms with Crippen molar-refractivity contribution in [2.45, 2.75) is 26.4 Å². The first-order valence-electron chi connectivity index (χ1n) is 9.58. The Kier molecular flexibility index (Phi) is 7.15. The molecule has 0 radical (unpaired) electrons. The molecule has 8 heteroatoms. The van der Waals surface area contributed by atoms with Crippen molar-refractivity contribution < 1.29 is 19.0 Å². The molecule has 158 valence electrons. The van der Waals surface area contributed by atoms with Crippen LogP contribution in [0, 0.1) is 5.82 Å². The Labute approximate surface area is 178 Å². The van der Waals surface area contributed by atoms with Crippen LogP contribution in [0.1, 0.15) is 41.4 Å². The fourth-order valence-corrected chi connectivity index (χ4v) is 3.99. The molecule has 0 bridgehead atoms. The minimum atomic E-state index is -0.614. The summed E-state index contributed by atoms with van der Waals surface area (Å²) in [7, 11) is 0. The number of amides is 1. The smallest absolute Gasteiger partial charge is 0.251 e. The number of aliphatic hydroxyl groups excluding tert-OH is 1. The highest BCUT2D eigenvalue weighted by atomic mass is 32.1. The van der Waals surface area contributed by atoms with Gasteiger partial charge in [-0.1, -0.05) is 25.1 Å². The van der Waals surface area contributed by atoms with Gasteiger partial charge in [0.15, 0.2) is 0 Å². The average molecular weight is 430 g/mol. The van der Waals surface area contributed by atoms with E-state index in [0.717, 1.165) is 5.69 Å². The van der Waals surface area contributed by atoms with Crippen molar-refractivity contribution in [1.82, 2.24) is 4.98 Å². The molecule has 1 atom stereocenters. The number of rotatable bonds is 9. The lowest BCUT2D eigenvalue weighted by atomic mass is 9.99. The second kappa shape index (κ2) is 9.80. The SMILES string of the molecule is CCOCc1cccc(Nc2sc(-c3ccc(C(C)CO)cc3F)cc2C(N)=O)n1. The number of ether oxygens (including phenoxy) is 1. The molecule has 0 saturated heterocycles. The average Bonchev–Trinajstić information content (AvgIpc) is 3.15. The molecule has 30 heavy (non-hydrogen) atoms. The van der Waals surface area contributed by atoms with E-state index < -0.39 is 11.7 Å². The molecule has 0 aliphatic rings. The van der Waals surface area contributed by atoms with Gasteiger partial charge in [0.1, 0.15) is 16.6 Å². The number of thiophene rings is 1. The van der Waals surface area contributed by atoms with Crippen LogP contribution >= 0.6 is 11.3 Å². The molecule has 1 amide bonds. The highest BCUT2D eigenvalue weighted by molar-refractivity contribution is 7.19. The van der Waals surface area contributed by atoms with Gasteiger partial charge in [0.25, 0.3) is 5.91 Å². The number of carbonyl (C=O) groups is 1. The van der Waals surface area contributed by atoms with Crippen LogP contribution in [0.25, 0.3) is 10.4 Å². The molecule has 1 unspecified atom stereocenters. The standard InChI is InChI=1S/C22H24FN3O3S/c1-3-29-12-15-5-4-6-20(25-15)26-22-17(21(24)28)10-19(30-22)16-8-7-14(9-18(16)23)13(2)11-27/h4-10,13,27H,3,11-12H2,1-2H3,(H2,24,28)(H,25,26). The monoisotopic (exact) mass is 429 g/mol. The number of aromatic nitrogens is 1. The van der Waals surface area contributed by atoms with E-state index >= 15 is 0 Å². The van der Waals surface area contributed by atoms with Crippen molar-refractivity contribution in [2.24, 2.45) is 5.73 Å². The zero-order valence-electron chi connectivity index (χ0n) is 16.8. The zero-order chi connectivity index (χ0) is 21.7. The number of benzene rings is 1. The normalized spacial score (nSPS) is 12.0. The Morgan fingerprint density at radius 3 is 2.80 bits per heavy atom. The van der Waals surface area contributed by atoms with Crippen molar-refractivity contribution in [2.75, 3.05) is 18.5 Å². The van der Waals surface area contributed by atoms with E-state index in [4.69, 9.17) is 10.5 Å². The van der Waals surface area contributed by atoms with Crippen LogP contribution in [0.5, 0.6) is 0 Å². The first-order chi connectivity index (χ1) is 14.4. The summed E-state index contributed by atoms with van der Waals surface area (Å²) >= 11 is 1.22. The summed E-state index contributed by atoms with van der Waals surface area (Å²) in [4.78, 5) is 17.0. The number of pyridine rings is 1.